The molecule has 1 aliphatic carbocycles. The molecule has 2 rings (SSSR count). The quantitative estimate of drug-likeness (QED) is 0.889. The Morgan fingerprint density at radius 2 is 2.00 bits per heavy atom. The maximum absolute atomic E-state index is 13.2. The minimum absolute atomic E-state index is 0.0646. The number of halogens is 1. The largest absolute Gasteiger partial charge is 0.391 e. The maximum Gasteiger partial charge on any atom is 0.241 e. The predicted molar refractivity (Wildman–Crippen MR) is 69.7 cm³/mol. The summed E-state index contributed by atoms with van der Waals surface area (Å²) in [5.74, 6) is -0.588. The summed E-state index contributed by atoms with van der Waals surface area (Å²) in [6.45, 7) is 1.62. The van der Waals surface area contributed by atoms with Gasteiger partial charge in [-0.1, -0.05) is 18.9 Å². The van der Waals surface area contributed by atoms with E-state index in [1.54, 1.807) is 6.92 Å². The van der Waals surface area contributed by atoms with Gasteiger partial charge in [-0.05, 0) is 37.5 Å². The van der Waals surface area contributed by atoms with Crippen LogP contribution in [0.2, 0.25) is 0 Å². The van der Waals surface area contributed by atoms with Gasteiger partial charge in [0, 0.05) is 6.04 Å². The van der Waals surface area contributed by atoms with Gasteiger partial charge >= 0.3 is 0 Å². The Kier molecular flexibility index (Phi) is 4.23. The first-order valence-electron chi connectivity index (χ1n) is 6.37. The van der Waals surface area contributed by atoms with Crippen LogP contribution in [0.4, 0.5) is 4.39 Å². The predicted octanol–water partition coefficient (Wildman–Crippen LogP) is 1.72. The molecular formula is C13H18FNO3S. The maximum atomic E-state index is 13.2. The zero-order valence-corrected chi connectivity index (χ0v) is 11.6. The first-order valence-corrected chi connectivity index (χ1v) is 7.85. The molecule has 0 aliphatic heterocycles. The fourth-order valence-corrected chi connectivity index (χ4v) is 3.94. The van der Waals surface area contributed by atoms with E-state index in [0.717, 1.165) is 18.9 Å². The molecule has 2 unspecified atom stereocenters. The van der Waals surface area contributed by atoms with E-state index in [4.69, 9.17) is 0 Å². The Hall–Kier alpha value is -0.980. The van der Waals surface area contributed by atoms with E-state index >= 15 is 0 Å². The molecule has 1 fully saturated rings. The average molecular weight is 287 g/mol. The SMILES string of the molecule is Cc1ccc(F)cc1S(=O)(=O)NC1CCCCC1O. The summed E-state index contributed by atoms with van der Waals surface area (Å²) in [6.07, 6.45) is 2.31. The van der Waals surface area contributed by atoms with Crippen LogP contribution in [0.3, 0.4) is 0 Å². The van der Waals surface area contributed by atoms with Gasteiger partial charge in [-0.2, -0.15) is 0 Å². The molecule has 19 heavy (non-hydrogen) atoms. The molecule has 0 heterocycles. The van der Waals surface area contributed by atoms with Crippen LogP contribution >= 0.6 is 0 Å². The van der Waals surface area contributed by atoms with Gasteiger partial charge in [-0.3, -0.25) is 0 Å². The molecule has 0 saturated heterocycles. The molecule has 0 bridgehead atoms. The van der Waals surface area contributed by atoms with Gasteiger partial charge in [0.15, 0.2) is 0 Å². The number of aliphatic hydroxyl groups is 1. The molecular weight excluding hydrogens is 269 g/mol. The van der Waals surface area contributed by atoms with Crippen molar-refractivity contribution >= 4 is 10.0 Å². The molecule has 106 valence electrons. The van der Waals surface area contributed by atoms with Crippen molar-refractivity contribution < 1.29 is 17.9 Å². The van der Waals surface area contributed by atoms with E-state index < -0.39 is 28.0 Å². The van der Waals surface area contributed by atoms with E-state index in [2.05, 4.69) is 4.72 Å². The summed E-state index contributed by atoms with van der Waals surface area (Å²) in [4.78, 5) is -0.0646. The molecule has 0 amide bonds. The summed E-state index contributed by atoms with van der Waals surface area (Å²) >= 11 is 0. The number of nitrogens with one attached hydrogen (secondary N) is 1. The first kappa shape index (κ1) is 14.4. The monoisotopic (exact) mass is 287 g/mol. The van der Waals surface area contributed by atoms with E-state index in [-0.39, 0.29) is 4.90 Å². The van der Waals surface area contributed by atoms with E-state index in [1.165, 1.54) is 12.1 Å². The number of sulfonamides is 1. The zero-order valence-electron chi connectivity index (χ0n) is 10.8. The Balaban J connectivity index is 2.24. The fourth-order valence-electron chi connectivity index (χ4n) is 2.37. The standard InChI is InChI=1S/C13H18FNO3S/c1-9-6-7-10(14)8-13(9)19(17,18)15-11-4-2-3-5-12(11)16/h6-8,11-12,15-16H,2-5H2,1H3. The molecule has 1 aromatic carbocycles. The highest BCUT2D eigenvalue weighted by Gasteiger charge is 2.28. The van der Waals surface area contributed by atoms with Gasteiger partial charge < -0.3 is 5.11 Å². The van der Waals surface area contributed by atoms with Gasteiger partial charge in [-0.15, -0.1) is 0 Å². The van der Waals surface area contributed by atoms with E-state index in [0.29, 0.717) is 18.4 Å². The van der Waals surface area contributed by atoms with Crippen molar-refractivity contribution in [1.29, 1.82) is 0 Å². The summed E-state index contributed by atoms with van der Waals surface area (Å²) in [6, 6.07) is 3.18. The second-order valence-corrected chi connectivity index (χ2v) is 6.67. The molecule has 0 radical (unpaired) electrons. The zero-order chi connectivity index (χ0) is 14.0. The molecule has 2 N–H and O–H groups in total. The van der Waals surface area contributed by atoms with E-state index in [9.17, 15) is 17.9 Å². The highest BCUT2D eigenvalue weighted by atomic mass is 32.2. The van der Waals surface area contributed by atoms with Crippen LogP contribution in [0.15, 0.2) is 23.1 Å². The van der Waals surface area contributed by atoms with Gasteiger partial charge in [0.2, 0.25) is 10.0 Å². The molecule has 1 saturated carbocycles. The van der Waals surface area contributed by atoms with Crippen molar-refractivity contribution in [2.24, 2.45) is 0 Å². The van der Waals surface area contributed by atoms with Crippen LogP contribution in [0.25, 0.3) is 0 Å². The number of rotatable bonds is 3. The molecule has 1 aliphatic rings. The number of aliphatic hydroxyl groups excluding tert-OH is 1. The second kappa shape index (κ2) is 5.56. The molecule has 0 aromatic heterocycles. The number of aryl methyl sites for hydroxylation is 1. The van der Waals surface area contributed by atoms with Crippen molar-refractivity contribution in [3.63, 3.8) is 0 Å². The third-order valence-corrected chi connectivity index (χ3v) is 5.11. The lowest BCUT2D eigenvalue weighted by Gasteiger charge is -2.28. The topological polar surface area (TPSA) is 66.4 Å². The summed E-state index contributed by atoms with van der Waals surface area (Å²) in [7, 11) is -3.80. The highest BCUT2D eigenvalue weighted by molar-refractivity contribution is 7.89. The first-order chi connectivity index (χ1) is 8.90. The number of hydrogen-bond donors (Lipinski definition) is 2. The number of hydrogen-bond acceptors (Lipinski definition) is 3. The summed E-state index contributed by atoms with van der Waals surface area (Å²) in [5.41, 5.74) is 0.485. The van der Waals surface area contributed by atoms with Crippen LogP contribution in [0, 0.1) is 12.7 Å². The lowest BCUT2D eigenvalue weighted by Crippen LogP contribution is -2.45. The van der Waals surface area contributed by atoms with Crippen LogP contribution in [-0.2, 0) is 10.0 Å². The minimum atomic E-state index is -3.80. The Morgan fingerprint density at radius 3 is 2.68 bits per heavy atom. The third kappa shape index (κ3) is 3.32. The minimum Gasteiger partial charge on any atom is -0.391 e. The molecule has 2 atom stereocenters. The lowest BCUT2D eigenvalue weighted by atomic mass is 9.93. The lowest BCUT2D eigenvalue weighted by molar-refractivity contribution is 0.101. The summed E-state index contributed by atoms with van der Waals surface area (Å²) < 4.78 is 40.1. The van der Waals surface area contributed by atoms with Crippen molar-refractivity contribution in [3.05, 3.63) is 29.6 Å². The second-order valence-electron chi connectivity index (χ2n) is 4.99. The van der Waals surface area contributed by atoms with Crippen LogP contribution in [0.1, 0.15) is 31.2 Å². The van der Waals surface area contributed by atoms with Crippen molar-refractivity contribution in [2.75, 3.05) is 0 Å². The molecule has 1 aromatic rings. The van der Waals surface area contributed by atoms with Crippen molar-refractivity contribution in [2.45, 2.75) is 49.6 Å². The number of benzene rings is 1. The third-order valence-electron chi connectivity index (χ3n) is 3.48. The van der Waals surface area contributed by atoms with Crippen LogP contribution in [0.5, 0.6) is 0 Å². The van der Waals surface area contributed by atoms with Gasteiger partial charge in [0.05, 0.1) is 11.0 Å². The highest BCUT2D eigenvalue weighted by Crippen LogP contribution is 2.22. The Morgan fingerprint density at radius 1 is 1.32 bits per heavy atom. The smallest absolute Gasteiger partial charge is 0.241 e. The molecule has 6 heteroatoms. The van der Waals surface area contributed by atoms with Crippen molar-refractivity contribution in [1.82, 2.24) is 4.72 Å². The van der Waals surface area contributed by atoms with Crippen LogP contribution in [-0.4, -0.2) is 25.7 Å². The van der Waals surface area contributed by atoms with Crippen molar-refractivity contribution in [3.8, 4) is 0 Å². The van der Waals surface area contributed by atoms with E-state index in [1.807, 2.05) is 0 Å². The normalized spacial score (nSPS) is 24.4. The van der Waals surface area contributed by atoms with Gasteiger partial charge in [0.1, 0.15) is 5.82 Å². The molecule has 4 nitrogen and oxygen atoms in total. The Bertz CT molecular complexity index is 559. The van der Waals surface area contributed by atoms with Gasteiger partial charge in [0.25, 0.3) is 0 Å². The van der Waals surface area contributed by atoms with Crippen LogP contribution < -0.4 is 4.72 Å². The van der Waals surface area contributed by atoms with Gasteiger partial charge in [-0.25, -0.2) is 17.5 Å². The Labute approximate surface area is 112 Å². The fraction of sp³-hybridized carbons (Fsp3) is 0.538. The molecule has 0 spiro atoms. The summed E-state index contributed by atoms with van der Waals surface area (Å²) in [5, 5.41) is 9.80. The average Bonchev–Trinajstić information content (AvgIpc) is 2.35.